The first-order valence-electron chi connectivity index (χ1n) is 9.72. The first-order valence-corrected chi connectivity index (χ1v) is 9.72. The zero-order chi connectivity index (χ0) is 19.6. The number of aliphatic imine (C=N–C) groups is 1. The summed E-state index contributed by atoms with van der Waals surface area (Å²) in [5, 5.41) is 6.74. The Kier molecular flexibility index (Phi) is 11.1. The minimum absolute atomic E-state index is 0. The summed E-state index contributed by atoms with van der Waals surface area (Å²) < 4.78 is 5.62. The van der Waals surface area contributed by atoms with Crippen LogP contribution in [-0.2, 0) is 13.0 Å². The van der Waals surface area contributed by atoms with Crippen molar-refractivity contribution in [3.63, 3.8) is 0 Å². The molecule has 0 aliphatic heterocycles. The molecule has 2 rings (SSSR count). The molecule has 1 atom stereocenters. The molecule has 0 bridgehead atoms. The number of hydrogen-bond acceptors (Lipinski definition) is 4. The molecule has 0 radical (unpaired) electrons. The van der Waals surface area contributed by atoms with Crippen LogP contribution >= 0.6 is 24.0 Å². The van der Waals surface area contributed by atoms with Gasteiger partial charge in [-0.25, -0.2) is 4.98 Å². The number of oxazole rings is 1. The SMILES string of the molecule is CCN(CC)C(CNC(=NC)NCc1nc(C)c(C)o1)Cc1ccccc1.I. The molecular formula is C21H34IN5O. The lowest BCUT2D eigenvalue weighted by Gasteiger charge is -2.30. The maximum absolute atomic E-state index is 5.62. The zero-order valence-corrected chi connectivity index (χ0v) is 20.0. The molecule has 0 fully saturated rings. The van der Waals surface area contributed by atoms with Crippen molar-refractivity contribution in [3.05, 3.63) is 53.2 Å². The van der Waals surface area contributed by atoms with Crippen LogP contribution in [0.15, 0.2) is 39.7 Å². The van der Waals surface area contributed by atoms with Crippen molar-refractivity contribution in [1.82, 2.24) is 20.5 Å². The van der Waals surface area contributed by atoms with Crippen molar-refractivity contribution >= 4 is 29.9 Å². The second-order valence-electron chi connectivity index (χ2n) is 6.62. The molecule has 0 saturated heterocycles. The molecule has 2 aromatic rings. The van der Waals surface area contributed by atoms with Crippen LogP contribution in [0, 0.1) is 13.8 Å². The van der Waals surface area contributed by atoms with E-state index in [1.807, 2.05) is 13.8 Å². The number of aryl methyl sites for hydroxylation is 2. The largest absolute Gasteiger partial charge is 0.444 e. The summed E-state index contributed by atoms with van der Waals surface area (Å²) in [5.74, 6) is 2.30. The van der Waals surface area contributed by atoms with E-state index in [4.69, 9.17) is 4.42 Å². The molecule has 0 saturated carbocycles. The van der Waals surface area contributed by atoms with Gasteiger partial charge in [0.15, 0.2) is 5.96 Å². The van der Waals surface area contributed by atoms with E-state index in [1.165, 1.54) is 5.56 Å². The third-order valence-electron chi connectivity index (χ3n) is 4.85. The number of nitrogens with zero attached hydrogens (tertiary/aromatic N) is 3. The van der Waals surface area contributed by atoms with Gasteiger partial charge < -0.3 is 15.1 Å². The molecule has 2 N–H and O–H groups in total. The maximum atomic E-state index is 5.62. The van der Waals surface area contributed by atoms with Crippen molar-refractivity contribution in [2.45, 2.75) is 46.7 Å². The van der Waals surface area contributed by atoms with Crippen LogP contribution in [0.4, 0.5) is 0 Å². The molecule has 0 amide bonds. The topological polar surface area (TPSA) is 65.7 Å². The molecule has 156 valence electrons. The quantitative estimate of drug-likeness (QED) is 0.314. The number of nitrogens with one attached hydrogen (secondary N) is 2. The Balaban J connectivity index is 0.00000392. The van der Waals surface area contributed by atoms with Crippen molar-refractivity contribution in [2.24, 2.45) is 4.99 Å². The number of guanidine groups is 1. The Labute approximate surface area is 186 Å². The number of aromatic nitrogens is 1. The molecule has 0 spiro atoms. The van der Waals surface area contributed by atoms with E-state index < -0.39 is 0 Å². The number of halogens is 1. The fourth-order valence-corrected chi connectivity index (χ4v) is 3.17. The Hall–Kier alpha value is -1.61. The first-order chi connectivity index (χ1) is 13.1. The van der Waals surface area contributed by atoms with E-state index in [-0.39, 0.29) is 24.0 Å². The van der Waals surface area contributed by atoms with Crippen LogP contribution < -0.4 is 10.6 Å². The molecule has 7 heteroatoms. The van der Waals surface area contributed by atoms with Gasteiger partial charge in [0, 0.05) is 19.6 Å². The van der Waals surface area contributed by atoms with Crippen LogP contribution in [-0.4, -0.2) is 48.6 Å². The van der Waals surface area contributed by atoms with E-state index in [0.717, 1.165) is 43.5 Å². The highest BCUT2D eigenvalue weighted by atomic mass is 127. The summed E-state index contributed by atoms with van der Waals surface area (Å²) >= 11 is 0. The molecule has 0 aliphatic rings. The predicted molar refractivity (Wildman–Crippen MR) is 126 cm³/mol. The molecule has 1 aromatic carbocycles. The molecule has 1 heterocycles. The molecule has 1 unspecified atom stereocenters. The van der Waals surface area contributed by atoms with Gasteiger partial charge in [-0.05, 0) is 38.9 Å². The van der Waals surface area contributed by atoms with Gasteiger partial charge in [0.05, 0.1) is 12.2 Å². The number of hydrogen-bond donors (Lipinski definition) is 2. The van der Waals surface area contributed by atoms with Gasteiger partial charge in [-0.3, -0.25) is 9.89 Å². The fraction of sp³-hybridized carbons (Fsp3) is 0.524. The third kappa shape index (κ3) is 7.43. The van der Waals surface area contributed by atoms with Gasteiger partial charge in [0.25, 0.3) is 0 Å². The summed E-state index contributed by atoms with van der Waals surface area (Å²) in [7, 11) is 1.78. The van der Waals surface area contributed by atoms with E-state index in [2.05, 4.69) is 69.7 Å². The third-order valence-corrected chi connectivity index (χ3v) is 4.85. The minimum Gasteiger partial charge on any atom is -0.444 e. The molecule has 28 heavy (non-hydrogen) atoms. The van der Waals surface area contributed by atoms with Crippen molar-refractivity contribution < 1.29 is 4.42 Å². The van der Waals surface area contributed by atoms with Crippen molar-refractivity contribution in [1.29, 1.82) is 0 Å². The summed E-state index contributed by atoms with van der Waals surface area (Å²) in [6.07, 6.45) is 1.00. The highest BCUT2D eigenvalue weighted by Crippen LogP contribution is 2.09. The summed E-state index contributed by atoms with van der Waals surface area (Å²) in [5.41, 5.74) is 2.28. The van der Waals surface area contributed by atoms with Crippen LogP contribution in [0.2, 0.25) is 0 Å². The summed E-state index contributed by atoms with van der Waals surface area (Å²) in [4.78, 5) is 11.2. The first kappa shape index (κ1) is 24.4. The van der Waals surface area contributed by atoms with Gasteiger partial charge >= 0.3 is 0 Å². The minimum atomic E-state index is 0. The smallest absolute Gasteiger partial charge is 0.214 e. The highest BCUT2D eigenvalue weighted by molar-refractivity contribution is 14.0. The fourth-order valence-electron chi connectivity index (χ4n) is 3.17. The second-order valence-corrected chi connectivity index (χ2v) is 6.62. The van der Waals surface area contributed by atoms with Gasteiger partial charge in [-0.15, -0.1) is 24.0 Å². The van der Waals surface area contributed by atoms with Crippen molar-refractivity contribution in [3.8, 4) is 0 Å². The number of likely N-dealkylation sites (N-methyl/N-ethyl adjacent to an activating group) is 1. The van der Waals surface area contributed by atoms with E-state index >= 15 is 0 Å². The zero-order valence-electron chi connectivity index (χ0n) is 17.7. The van der Waals surface area contributed by atoms with Crippen molar-refractivity contribution in [2.75, 3.05) is 26.7 Å². The Morgan fingerprint density at radius 3 is 2.36 bits per heavy atom. The number of benzene rings is 1. The second kappa shape index (κ2) is 12.8. The number of rotatable bonds is 9. The van der Waals surface area contributed by atoms with Gasteiger partial charge in [-0.1, -0.05) is 44.2 Å². The van der Waals surface area contributed by atoms with Gasteiger partial charge in [0.1, 0.15) is 5.76 Å². The monoisotopic (exact) mass is 499 g/mol. The maximum Gasteiger partial charge on any atom is 0.214 e. The average Bonchev–Trinajstić information content (AvgIpc) is 3.01. The van der Waals surface area contributed by atoms with Crippen LogP contribution in [0.5, 0.6) is 0 Å². The lowest BCUT2D eigenvalue weighted by molar-refractivity contribution is 0.215. The van der Waals surface area contributed by atoms with Crippen LogP contribution in [0.3, 0.4) is 0 Å². The van der Waals surface area contributed by atoms with Gasteiger partial charge in [-0.2, -0.15) is 0 Å². The Morgan fingerprint density at radius 1 is 1.14 bits per heavy atom. The molecule has 0 aliphatic carbocycles. The van der Waals surface area contributed by atoms with E-state index in [0.29, 0.717) is 18.5 Å². The summed E-state index contributed by atoms with van der Waals surface area (Å²) in [6, 6.07) is 11.0. The highest BCUT2D eigenvalue weighted by Gasteiger charge is 2.17. The average molecular weight is 499 g/mol. The lowest BCUT2D eigenvalue weighted by Crippen LogP contribution is -2.48. The molecule has 1 aromatic heterocycles. The summed E-state index contributed by atoms with van der Waals surface area (Å²) in [6.45, 7) is 11.7. The Bertz CT molecular complexity index is 693. The van der Waals surface area contributed by atoms with E-state index in [9.17, 15) is 0 Å². The van der Waals surface area contributed by atoms with Gasteiger partial charge in [0.2, 0.25) is 5.89 Å². The predicted octanol–water partition coefficient (Wildman–Crippen LogP) is 3.53. The molecular weight excluding hydrogens is 465 g/mol. The van der Waals surface area contributed by atoms with Crippen LogP contribution in [0.1, 0.15) is 36.8 Å². The lowest BCUT2D eigenvalue weighted by atomic mass is 10.0. The molecule has 6 nitrogen and oxygen atoms in total. The van der Waals surface area contributed by atoms with Crippen LogP contribution in [0.25, 0.3) is 0 Å². The Morgan fingerprint density at radius 2 is 1.82 bits per heavy atom. The standard InChI is InChI=1S/C21H33N5O.HI/c1-6-26(7-2)19(13-18-11-9-8-10-12-18)14-23-21(22-5)24-15-20-25-16(3)17(4)27-20;/h8-12,19H,6-7,13-15H2,1-5H3,(H2,22,23,24);1H. The van der Waals surface area contributed by atoms with E-state index in [1.54, 1.807) is 7.05 Å². The normalized spacial score (nSPS) is 12.6.